The molecule has 1 saturated carbocycles. The van der Waals surface area contributed by atoms with Crippen LogP contribution in [0.25, 0.3) is 11.1 Å². The smallest absolute Gasteiger partial charge is 0.314 e. The minimum atomic E-state index is -1.40. The van der Waals surface area contributed by atoms with Crippen LogP contribution >= 0.6 is 0 Å². The third-order valence-electron chi connectivity index (χ3n) is 7.13. The molecule has 3 nitrogen and oxygen atoms in total. The van der Waals surface area contributed by atoms with Crippen LogP contribution in [-0.4, -0.2) is 12.6 Å². The lowest BCUT2D eigenvalue weighted by molar-refractivity contribution is -0.140. The minimum absolute atomic E-state index is 0.0426. The lowest BCUT2D eigenvalue weighted by Gasteiger charge is -2.19. The van der Waals surface area contributed by atoms with E-state index in [-0.39, 0.29) is 24.0 Å². The molecular formula is C26H24F4O3. The molecule has 4 atom stereocenters. The van der Waals surface area contributed by atoms with Crippen LogP contribution in [0.15, 0.2) is 35.9 Å². The molecular weight excluding hydrogens is 436 g/mol. The maximum atomic E-state index is 14.8. The van der Waals surface area contributed by atoms with Crippen molar-refractivity contribution in [1.82, 2.24) is 0 Å². The fraction of sp³-hybridized carbons (Fsp3) is 0.423. The van der Waals surface area contributed by atoms with Crippen LogP contribution in [0, 0.1) is 41.0 Å². The predicted octanol–water partition coefficient (Wildman–Crippen LogP) is 6.66. The monoisotopic (exact) mass is 460 g/mol. The fourth-order valence-electron chi connectivity index (χ4n) is 5.42. The summed E-state index contributed by atoms with van der Waals surface area (Å²) in [6.07, 6.45) is 6.07. The number of halogens is 4. The van der Waals surface area contributed by atoms with E-state index in [0.29, 0.717) is 12.3 Å². The van der Waals surface area contributed by atoms with Crippen LogP contribution in [0.4, 0.5) is 17.6 Å². The minimum Gasteiger partial charge on any atom is -0.423 e. The summed E-state index contributed by atoms with van der Waals surface area (Å²) in [5.41, 5.74) is 0.566. The first-order chi connectivity index (χ1) is 15.9. The summed E-state index contributed by atoms with van der Waals surface area (Å²) in [7, 11) is 0. The van der Waals surface area contributed by atoms with Crippen LogP contribution < -0.4 is 4.74 Å². The topological polar surface area (TPSA) is 38.8 Å². The van der Waals surface area contributed by atoms with E-state index in [1.54, 1.807) is 0 Å². The summed E-state index contributed by atoms with van der Waals surface area (Å²) in [4.78, 5) is 12.8. The van der Waals surface area contributed by atoms with Gasteiger partial charge in [0.2, 0.25) is 5.82 Å². The summed E-state index contributed by atoms with van der Waals surface area (Å²) in [5.74, 6) is -6.23. The number of fused-ring (bicyclic) bond motifs is 1. The molecule has 1 aliphatic heterocycles. The van der Waals surface area contributed by atoms with E-state index in [2.05, 4.69) is 13.0 Å². The number of esters is 1. The number of rotatable bonds is 6. The molecule has 174 valence electrons. The number of carbonyl (C=O) groups is 1. The Bertz CT molecular complexity index is 1140. The zero-order valence-electron chi connectivity index (χ0n) is 18.2. The number of allylic oxidation sites excluding steroid dienone is 2. The standard InChI is InChI=1S/C26H24F4O3/c1-2-3-13-4-5-15-14(13)6-8-18(15)26(31)33-20-11-10-17(23(28)25(20)30)16-7-9-19(21-12-32-21)24(29)22(16)27/h4,7,9-11,14-15,18,21H,2-3,5-6,8,12H2,1H3. The van der Waals surface area contributed by atoms with Crippen LogP contribution in [0.1, 0.15) is 50.7 Å². The highest BCUT2D eigenvalue weighted by Crippen LogP contribution is 2.49. The summed E-state index contributed by atoms with van der Waals surface area (Å²) < 4.78 is 68.7. The van der Waals surface area contributed by atoms with Crippen molar-refractivity contribution in [3.8, 4) is 16.9 Å². The van der Waals surface area contributed by atoms with Crippen molar-refractivity contribution in [2.45, 2.75) is 45.1 Å². The lowest BCUT2D eigenvalue weighted by atomic mass is 9.88. The second-order valence-electron chi connectivity index (χ2n) is 9.03. The van der Waals surface area contributed by atoms with Crippen molar-refractivity contribution in [1.29, 1.82) is 0 Å². The molecule has 2 aromatic carbocycles. The normalized spacial score (nSPS) is 25.7. The van der Waals surface area contributed by atoms with E-state index in [0.717, 1.165) is 37.8 Å². The van der Waals surface area contributed by atoms with Gasteiger partial charge >= 0.3 is 5.97 Å². The molecule has 2 aromatic rings. The predicted molar refractivity (Wildman–Crippen MR) is 113 cm³/mol. The van der Waals surface area contributed by atoms with Crippen LogP contribution in [0.5, 0.6) is 5.75 Å². The van der Waals surface area contributed by atoms with Crippen molar-refractivity contribution >= 4 is 5.97 Å². The first-order valence-electron chi connectivity index (χ1n) is 11.4. The molecule has 2 aliphatic carbocycles. The van der Waals surface area contributed by atoms with Crippen molar-refractivity contribution in [2.75, 3.05) is 6.61 Å². The molecule has 0 radical (unpaired) electrons. The van der Waals surface area contributed by atoms with Gasteiger partial charge < -0.3 is 9.47 Å². The summed E-state index contributed by atoms with van der Waals surface area (Å²) in [5, 5.41) is 0. The van der Waals surface area contributed by atoms with Gasteiger partial charge in [0.05, 0.1) is 12.5 Å². The summed E-state index contributed by atoms with van der Waals surface area (Å²) in [6.45, 7) is 2.41. The molecule has 0 bridgehead atoms. The third-order valence-corrected chi connectivity index (χ3v) is 7.13. The fourth-order valence-corrected chi connectivity index (χ4v) is 5.42. The zero-order valence-corrected chi connectivity index (χ0v) is 18.2. The SMILES string of the molecule is CCCC1=CCC2C(C(=O)Oc3ccc(-c4ccc(C5CO5)c(F)c4F)c(F)c3F)CCC12. The number of ether oxygens (including phenoxy) is 2. The molecule has 7 heteroatoms. The average molecular weight is 460 g/mol. The molecule has 1 heterocycles. The molecule has 1 saturated heterocycles. The van der Waals surface area contributed by atoms with Gasteiger partial charge in [-0.2, -0.15) is 4.39 Å². The van der Waals surface area contributed by atoms with Crippen molar-refractivity contribution in [3.63, 3.8) is 0 Å². The van der Waals surface area contributed by atoms with Gasteiger partial charge in [-0.1, -0.05) is 37.1 Å². The number of hydrogen-bond donors (Lipinski definition) is 0. The second-order valence-corrected chi connectivity index (χ2v) is 9.03. The number of benzene rings is 2. The van der Waals surface area contributed by atoms with E-state index in [9.17, 15) is 22.4 Å². The number of hydrogen-bond acceptors (Lipinski definition) is 3. The maximum Gasteiger partial charge on any atom is 0.314 e. The Morgan fingerprint density at radius 1 is 1.00 bits per heavy atom. The molecule has 0 N–H and O–H groups in total. The number of carbonyl (C=O) groups excluding carboxylic acids is 1. The van der Waals surface area contributed by atoms with E-state index in [1.165, 1.54) is 17.7 Å². The van der Waals surface area contributed by atoms with E-state index >= 15 is 0 Å². The van der Waals surface area contributed by atoms with Gasteiger partial charge in [-0.25, -0.2) is 13.2 Å². The van der Waals surface area contributed by atoms with Crippen LogP contribution in [0.2, 0.25) is 0 Å². The molecule has 33 heavy (non-hydrogen) atoms. The average Bonchev–Trinajstić information content (AvgIpc) is 3.43. The van der Waals surface area contributed by atoms with Gasteiger partial charge in [0.1, 0.15) is 6.10 Å². The van der Waals surface area contributed by atoms with Gasteiger partial charge in [-0.15, -0.1) is 0 Å². The largest absolute Gasteiger partial charge is 0.423 e. The van der Waals surface area contributed by atoms with E-state index in [4.69, 9.17) is 9.47 Å². The molecule has 3 aliphatic rings. The zero-order chi connectivity index (χ0) is 23.3. The molecule has 0 aromatic heterocycles. The second kappa shape index (κ2) is 8.60. The Kier molecular flexibility index (Phi) is 5.77. The van der Waals surface area contributed by atoms with E-state index < -0.39 is 52.2 Å². The van der Waals surface area contributed by atoms with Gasteiger partial charge in [-0.3, -0.25) is 4.79 Å². The van der Waals surface area contributed by atoms with Crippen LogP contribution in [-0.2, 0) is 9.53 Å². The van der Waals surface area contributed by atoms with Crippen molar-refractivity contribution in [3.05, 3.63) is 64.7 Å². The highest BCUT2D eigenvalue weighted by molar-refractivity contribution is 5.77. The Balaban J connectivity index is 1.35. The van der Waals surface area contributed by atoms with Gasteiger partial charge in [0.25, 0.3) is 0 Å². The highest BCUT2D eigenvalue weighted by atomic mass is 19.2. The van der Waals surface area contributed by atoms with Gasteiger partial charge in [-0.05, 0) is 49.7 Å². The lowest BCUT2D eigenvalue weighted by Crippen LogP contribution is -2.25. The van der Waals surface area contributed by atoms with Gasteiger partial charge in [0.15, 0.2) is 23.2 Å². The molecule has 4 unspecified atom stereocenters. The first kappa shape index (κ1) is 22.1. The maximum absolute atomic E-state index is 14.8. The number of epoxide rings is 1. The Labute approximate surface area is 189 Å². The Morgan fingerprint density at radius 3 is 2.39 bits per heavy atom. The quantitative estimate of drug-likeness (QED) is 0.159. The van der Waals surface area contributed by atoms with Crippen LogP contribution in [0.3, 0.4) is 0 Å². The highest BCUT2D eigenvalue weighted by Gasteiger charge is 2.44. The molecule has 0 spiro atoms. The molecule has 5 rings (SSSR count). The molecule has 0 amide bonds. The van der Waals surface area contributed by atoms with E-state index in [1.807, 2.05) is 0 Å². The van der Waals surface area contributed by atoms with Crippen molar-refractivity contribution < 1.29 is 31.8 Å². The first-order valence-corrected chi connectivity index (χ1v) is 11.4. The summed E-state index contributed by atoms with van der Waals surface area (Å²) >= 11 is 0. The Morgan fingerprint density at radius 2 is 1.70 bits per heavy atom. The third kappa shape index (κ3) is 3.86. The molecule has 2 fully saturated rings. The summed E-state index contributed by atoms with van der Waals surface area (Å²) in [6, 6.07) is 4.68. The van der Waals surface area contributed by atoms with Gasteiger partial charge in [0, 0.05) is 16.7 Å². The Hall–Kier alpha value is -2.67. The van der Waals surface area contributed by atoms with Crippen molar-refractivity contribution in [2.24, 2.45) is 17.8 Å².